The average Bonchev–Trinajstić information content (AvgIpc) is 2.14. The van der Waals surface area contributed by atoms with Crippen LogP contribution in [0.5, 0.6) is 0 Å². The molecule has 98 valence electrons. The van der Waals surface area contributed by atoms with Crippen molar-refractivity contribution in [3.05, 3.63) is 0 Å². The lowest BCUT2D eigenvalue weighted by atomic mass is 10.5. The van der Waals surface area contributed by atoms with Crippen LogP contribution in [-0.2, 0) is 19.9 Å². The zero-order valence-corrected chi connectivity index (χ0v) is 12.7. The monoisotopic (exact) mass is 335 g/mol. The summed E-state index contributed by atoms with van der Waals surface area (Å²) in [5, 5.41) is 0.547. The molecule has 0 saturated heterocycles. The zero-order valence-electron chi connectivity index (χ0n) is 9.52. The van der Waals surface area contributed by atoms with E-state index in [1.165, 1.54) is 4.31 Å². The van der Waals surface area contributed by atoms with Gasteiger partial charge < -0.3 is 0 Å². The summed E-state index contributed by atoms with van der Waals surface area (Å²) in [6.45, 7) is 2.69. The first-order valence-corrected chi connectivity index (χ1v) is 9.73. The van der Waals surface area contributed by atoms with Crippen LogP contribution in [0.15, 0.2) is 0 Å². The van der Waals surface area contributed by atoms with E-state index in [1.807, 2.05) is 6.92 Å². The SMILES string of the molecule is CCCN(CCBr)S(=O)(=O)CCS(C)(=O)=O. The third-order valence-corrected chi connectivity index (χ3v) is 5.34. The minimum Gasteiger partial charge on any atom is -0.229 e. The normalized spacial score (nSPS) is 13.2. The lowest BCUT2D eigenvalue weighted by Gasteiger charge is -2.20. The fourth-order valence-corrected chi connectivity index (χ4v) is 4.92. The third-order valence-electron chi connectivity index (χ3n) is 1.91. The molecule has 8 heteroatoms. The van der Waals surface area contributed by atoms with Gasteiger partial charge in [0.1, 0.15) is 9.84 Å². The summed E-state index contributed by atoms with van der Waals surface area (Å²) in [7, 11) is -6.69. The van der Waals surface area contributed by atoms with Gasteiger partial charge >= 0.3 is 0 Å². The third kappa shape index (κ3) is 6.82. The molecule has 0 rings (SSSR count). The van der Waals surface area contributed by atoms with Crippen LogP contribution in [0.3, 0.4) is 0 Å². The van der Waals surface area contributed by atoms with Crippen LogP contribution >= 0.6 is 15.9 Å². The van der Waals surface area contributed by atoms with Crippen molar-refractivity contribution >= 4 is 35.8 Å². The molecule has 0 heterocycles. The highest BCUT2D eigenvalue weighted by Gasteiger charge is 2.22. The second-order valence-corrected chi connectivity index (χ2v) is 8.68. The summed E-state index contributed by atoms with van der Waals surface area (Å²) in [6.07, 6.45) is 1.75. The summed E-state index contributed by atoms with van der Waals surface area (Å²) in [5.74, 6) is -0.656. The molecular weight excluding hydrogens is 318 g/mol. The lowest BCUT2D eigenvalue weighted by molar-refractivity contribution is 0.431. The molecule has 0 aromatic heterocycles. The highest BCUT2D eigenvalue weighted by Crippen LogP contribution is 2.05. The van der Waals surface area contributed by atoms with Crippen LogP contribution in [0, 0.1) is 0 Å². The van der Waals surface area contributed by atoms with Crippen molar-refractivity contribution in [3.63, 3.8) is 0 Å². The molecule has 0 aliphatic carbocycles. The van der Waals surface area contributed by atoms with E-state index in [4.69, 9.17) is 0 Å². The second-order valence-electron chi connectivity index (χ2n) is 3.53. The number of alkyl halides is 1. The maximum absolute atomic E-state index is 11.8. The van der Waals surface area contributed by atoms with Crippen molar-refractivity contribution in [1.82, 2.24) is 4.31 Å². The minimum atomic E-state index is -3.46. The van der Waals surface area contributed by atoms with E-state index in [0.29, 0.717) is 24.8 Å². The zero-order chi connectivity index (χ0) is 12.8. The van der Waals surface area contributed by atoms with Crippen molar-refractivity contribution in [2.75, 3.05) is 36.2 Å². The molecular formula is C8H18BrNO4S2. The molecule has 0 unspecified atom stereocenters. The van der Waals surface area contributed by atoms with Gasteiger partial charge in [-0.15, -0.1) is 0 Å². The fourth-order valence-electron chi connectivity index (χ4n) is 1.12. The number of hydrogen-bond donors (Lipinski definition) is 0. The Labute approximate surface area is 106 Å². The van der Waals surface area contributed by atoms with Gasteiger partial charge in [-0.05, 0) is 6.42 Å². The van der Waals surface area contributed by atoms with Crippen LogP contribution in [0.4, 0.5) is 0 Å². The second kappa shape index (κ2) is 6.93. The van der Waals surface area contributed by atoms with E-state index in [1.54, 1.807) is 0 Å². The van der Waals surface area contributed by atoms with Gasteiger partial charge in [-0.25, -0.2) is 21.1 Å². The molecule has 0 amide bonds. The van der Waals surface area contributed by atoms with Crippen molar-refractivity contribution in [3.8, 4) is 0 Å². The Kier molecular flexibility index (Phi) is 7.07. The van der Waals surface area contributed by atoms with Crippen LogP contribution < -0.4 is 0 Å². The molecule has 0 saturated carbocycles. The van der Waals surface area contributed by atoms with Gasteiger partial charge in [0.2, 0.25) is 10.0 Å². The Morgan fingerprint density at radius 3 is 2.00 bits per heavy atom. The number of nitrogens with zero attached hydrogens (tertiary/aromatic N) is 1. The van der Waals surface area contributed by atoms with Gasteiger partial charge in [0.15, 0.2) is 0 Å². The first-order chi connectivity index (χ1) is 7.23. The van der Waals surface area contributed by atoms with Gasteiger partial charge in [-0.3, -0.25) is 0 Å². The van der Waals surface area contributed by atoms with Gasteiger partial charge in [0.25, 0.3) is 0 Å². The molecule has 0 fully saturated rings. The van der Waals surface area contributed by atoms with E-state index in [-0.39, 0.29) is 11.5 Å². The highest BCUT2D eigenvalue weighted by molar-refractivity contribution is 9.09. The van der Waals surface area contributed by atoms with E-state index < -0.39 is 19.9 Å². The van der Waals surface area contributed by atoms with Gasteiger partial charge in [-0.1, -0.05) is 22.9 Å². The maximum Gasteiger partial charge on any atom is 0.215 e. The number of hydrogen-bond acceptors (Lipinski definition) is 4. The van der Waals surface area contributed by atoms with Crippen molar-refractivity contribution in [2.24, 2.45) is 0 Å². The Bertz CT molecular complexity index is 384. The minimum absolute atomic E-state index is 0.322. The molecule has 0 atom stereocenters. The Morgan fingerprint density at radius 1 is 1.06 bits per heavy atom. The van der Waals surface area contributed by atoms with Crippen molar-refractivity contribution in [1.29, 1.82) is 0 Å². The molecule has 0 N–H and O–H groups in total. The average molecular weight is 336 g/mol. The predicted octanol–water partition coefficient (Wildman–Crippen LogP) is 0.468. The fraction of sp³-hybridized carbons (Fsp3) is 1.00. The van der Waals surface area contributed by atoms with Crippen molar-refractivity contribution < 1.29 is 16.8 Å². The Hall–Kier alpha value is 0.340. The van der Waals surface area contributed by atoms with Crippen LogP contribution in [0.2, 0.25) is 0 Å². The molecule has 0 aliphatic heterocycles. The topological polar surface area (TPSA) is 71.5 Å². The summed E-state index contributed by atoms with van der Waals surface area (Å²) in [4.78, 5) is 0. The van der Waals surface area contributed by atoms with Crippen LogP contribution in [0.25, 0.3) is 0 Å². The first-order valence-electron chi connectivity index (χ1n) is 4.94. The molecule has 5 nitrogen and oxygen atoms in total. The highest BCUT2D eigenvalue weighted by atomic mass is 79.9. The number of rotatable bonds is 8. The molecule has 16 heavy (non-hydrogen) atoms. The molecule has 0 radical (unpaired) electrons. The van der Waals surface area contributed by atoms with Gasteiger partial charge in [-0.2, -0.15) is 0 Å². The van der Waals surface area contributed by atoms with Crippen LogP contribution in [-0.4, -0.2) is 57.3 Å². The number of halogens is 1. The summed E-state index contributed by atoms with van der Waals surface area (Å²) in [6, 6.07) is 0. The quantitative estimate of drug-likeness (QED) is 0.604. The molecule has 0 aliphatic rings. The standard InChI is InChI=1S/C8H18BrNO4S2/c1-3-5-10(6-4-9)16(13,14)8-7-15(2,11)12/h3-8H2,1-2H3. The Balaban J connectivity index is 4.60. The van der Waals surface area contributed by atoms with Crippen molar-refractivity contribution in [2.45, 2.75) is 13.3 Å². The molecule has 0 bridgehead atoms. The number of sulfonamides is 1. The summed E-state index contributed by atoms with van der Waals surface area (Å²) in [5.41, 5.74) is 0. The predicted molar refractivity (Wildman–Crippen MR) is 69.2 cm³/mol. The molecule has 0 aromatic carbocycles. The Morgan fingerprint density at radius 2 is 1.62 bits per heavy atom. The first kappa shape index (κ1) is 16.3. The smallest absolute Gasteiger partial charge is 0.215 e. The van der Waals surface area contributed by atoms with E-state index in [2.05, 4.69) is 15.9 Å². The van der Waals surface area contributed by atoms with E-state index >= 15 is 0 Å². The molecule has 0 aromatic rings. The van der Waals surface area contributed by atoms with E-state index in [9.17, 15) is 16.8 Å². The largest absolute Gasteiger partial charge is 0.229 e. The van der Waals surface area contributed by atoms with Gasteiger partial charge in [0, 0.05) is 24.7 Å². The van der Waals surface area contributed by atoms with Crippen LogP contribution in [0.1, 0.15) is 13.3 Å². The lowest BCUT2D eigenvalue weighted by Crippen LogP contribution is -2.36. The van der Waals surface area contributed by atoms with Gasteiger partial charge in [0.05, 0.1) is 11.5 Å². The molecule has 0 spiro atoms. The number of sulfone groups is 1. The maximum atomic E-state index is 11.8. The summed E-state index contributed by atoms with van der Waals surface area (Å²) >= 11 is 3.18. The van der Waals surface area contributed by atoms with E-state index in [0.717, 1.165) is 6.26 Å². The summed E-state index contributed by atoms with van der Waals surface area (Å²) < 4.78 is 46.8.